The second-order valence-electron chi connectivity index (χ2n) is 6.36. The van der Waals surface area contributed by atoms with Crippen LogP contribution in [0.1, 0.15) is 23.1 Å². The van der Waals surface area contributed by atoms with Crippen molar-refractivity contribution < 1.29 is 18.3 Å². The number of nitrogens with zero attached hydrogens (tertiary/aromatic N) is 2. The highest BCUT2D eigenvalue weighted by Gasteiger charge is 2.20. The number of benzene rings is 2. The van der Waals surface area contributed by atoms with Crippen LogP contribution in [0.5, 0.6) is 11.5 Å². The van der Waals surface area contributed by atoms with Crippen LogP contribution in [0.4, 0.5) is 8.78 Å². The van der Waals surface area contributed by atoms with Crippen LogP contribution in [0, 0.1) is 11.3 Å². The molecule has 0 unspecified atom stereocenters. The van der Waals surface area contributed by atoms with Gasteiger partial charge in [-0.3, -0.25) is 0 Å². The third-order valence-electron chi connectivity index (χ3n) is 4.54. The van der Waals surface area contributed by atoms with Gasteiger partial charge in [-0.05, 0) is 54.4 Å². The smallest absolute Gasteiger partial charge is 0.265 e. The molecular formula is C23H20F2N2O2S. The Kier molecular flexibility index (Phi) is 7.26. The van der Waals surface area contributed by atoms with Crippen LogP contribution in [0.15, 0.2) is 59.6 Å². The van der Waals surface area contributed by atoms with Crippen molar-refractivity contribution in [1.82, 2.24) is 4.98 Å². The van der Waals surface area contributed by atoms with E-state index < -0.39 is 6.43 Å². The summed E-state index contributed by atoms with van der Waals surface area (Å²) in [6.45, 7) is 0. The van der Waals surface area contributed by atoms with E-state index in [-0.39, 0.29) is 11.1 Å². The Balaban J connectivity index is 1.86. The quantitative estimate of drug-likeness (QED) is 0.419. The van der Waals surface area contributed by atoms with Crippen molar-refractivity contribution >= 4 is 11.8 Å². The third kappa shape index (κ3) is 5.08. The summed E-state index contributed by atoms with van der Waals surface area (Å²) in [6.07, 6.45) is -2.06. The number of hydrogen-bond donors (Lipinski definition) is 0. The molecule has 4 nitrogen and oxygen atoms in total. The number of ether oxygens (including phenoxy) is 2. The molecule has 0 saturated heterocycles. The summed E-state index contributed by atoms with van der Waals surface area (Å²) < 4.78 is 37.6. The number of pyridine rings is 1. The maximum absolute atomic E-state index is 13.6. The lowest BCUT2D eigenvalue weighted by Gasteiger charge is -2.12. The van der Waals surface area contributed by atoms with Crippen molar-refractivity contribution in [2.75, 3.05) is 20.0 Å². The van der Waals surface area contributed by atoms with E-state index in [2.05, 4.69) is 4.98 Å². The Bertz CT molecular complexity index is 1030. The lowest BCUT2D eigenvalue weighted by molar-refractivity contribution is 0.150. The predicted octanol–water partition coefficient (Wildman–Crippen LogP) is 5.91. The zero-order valence-corrected chi connectivity index (χ0v) is 17.4. The molecule has 0 saturated carbocycles. The van der Waals surface area contributed by atoms with Crippen LogP contribution >= 0.6 is 11.8 Å². The van der Waals surface area contributed by atoms with Crippen molar-refractivity contribution in [2.45, 2.75) is 17.9 Å². The maximum Gasteiger partial charge on any atom is 0.265 e. The van der Waals surface area contributed by atoms with E-state index in [0.717, 1.165) is 11.3 Å². The van der Waals surface area contributed by atoms with Gasteiger partial charge in [0.1, 0.15) is 22.6 Å². The number of halogens is 2. The number of alkyl halides is 2. The summed E-state index contributed by atoms with van der Waals surface area (Å²) in [6, 6.07) is 17.9. The van der Waals surface area contributed by atoms with Crippen molar-refractivity contribution in [3.8, 4) is 28.8 Å². The molecule has 0 bridgehead atoms. The van der Waals surface area contributed by atoms with E-state index in [4.69, 9.17) is 9.47 Å². The van der Waals surface area contributed by atoms with E-state index in [9.17, 15) is 14.0 Å². The molecule has 30 heavy (non-hydrogen) atoms. The first kappa shape index (κ1) is 21.6. The van der Waals surface area contributed by atoms with Crippen molar-refractivity contribution in [1.29, 1.82) is 5.26 Å². The highest BCUT2D eigenvalue weighted by atomic mass is 32.2. The first-order chi connectivity index (χ1) is 14.5. The van der Waals surface area contributed by atoms with Gasteiger partial charge in [-0.25, -0.2) is 13.8 Å². The molecule has 0 aliphatic heterocycles. The van der Waals surface area contributed by atoms with Crippen LogP contribution in [0.25, 0.3) is 11.3 Å². The van der Waals surface area contributed by atoms with Crippen molar-refractivity contribution in [2.24, 2.45) is 0 Å². The lowest BCUT2D eigenvalue weighted by atomic mass is 10.1. The van der Waals surface area contributed by atoms with E-state index in [1.807, 2.05) is 30.3 Å². The topological polar surface area (TPSA) is 55.1 Å². The standard InChI is InChI=1S/C23H20F2N2O2S/c1-28-17-7-3-15(4-8-17)11-12-30-23-20(14-26)19(22(24)25)13-21(27-23)16-5-9-18(29-2)10-6-16/h3-10,13,22H,11-12H2,1-2H3. The first-order valence-corrected chi connectivity index (χ1v) is 10.2. The molecule has 0 spiro atoms. The summed E-state index contributed by atoms with van der Waals surface area (Å²) in [5.74, 6) is 2.03. The Labute approximate surface area is 178 Å². The monoisotopic (exact) mass is 426 g/mol. The molecule has 0 atom stereocenters. The largest absolute Gasteiger partial charge is 0.497 e. The van der Waals surface area contributed by atoms with Gasteiger partial charge in [-0.2, -0.15) is 5.26 Å². The molecule has 0 fully saturated rings. The molecule has 154 valence electrons. The van der Waals surface area contributed by atoms with E-state index in [0.29, 0.717) is 34.2 Å². The van der Waals surface area contributed by atoms with Crippen LogP contribution < -0.4 is 9.47 Å². The fourth-order valence-corrected chi connectivity index (χ4v) is 3.90. The molecule has 3 rings (SSSR count). The van der Waals surface area contributed by atoms with Crippen LogP contribution in [-0.2, 0) is 6.42 Å². The summed E-state index contributed by atoms with van der Waals surface area (Å²) in [4.78, 5) is 4.52. The first-order valence-electron chi connectivity index (χ1n) is 9.19. The molecule has 0 radical (unpaired) electrons. The van der Waals surface area contributed by atoms with Crippen LogP contribution in [0.2, 0.25) is 0 Å². The molecule has 3 aromatic rings. The molecule has 0 amide bonds. The third-order valence-corrected chi connectivity index (χ3v) is 5.52. The zero-order valence-electron chi connectivity index (χ0n) is 16.6. The SMILES string of the molecule is COc1ccc(CCSc2nc(-c3ccc(OC)cc3)cc(C(F)F)c2C#N)cc1. The van der Waals surface area contributed by atoms with Gasteiger partial charge in [0.15, 0.2) is 0 Å². The van der Waals surface area contributed by atoms with Crippen LogP contribution in [0.3, 0.4) is 0 Å². The van der Waals surface area contributed by atoms with Gasteiger partial charge in [0, 0.05) is 16.9 Å². The van der Waals surface area contributed by atoms with E-state index in [1.54, 1.807) is 38.5 Å². The molecule has 2 aromatic carbocycles. The Morgan fingerprint density at radius 2 is 1.60 bits per heavy atom. The Morgan fingerprint density at radius 3 is 2.13 bits per heavy atom. The number of thioether (sulfide) groups is 1. The van der Waals surface area contributed by atoms with Gasteiger partial charge < -0.3 is 9.47 Å². The highest BCUT2D eigenvalue weighted by Crippen LogP contribution is 2.34. The molecule has 0 aliphatic rings. The van der Waals surface area contributed by atoms with E-state index >= 15 is 0 Å². The van der Waals surface area contributed by atoms with Crippen molar-refractivity contribution in [3.05, 3.63) is 71.3 Å². The van der Waals surface area contributed by atoms with Gasteiger partial charge in [0.25, 0.3) is 6.43 Å². The minimum Gasteiger partial charge on any atom is -0.497 e. The average molecular weight is 426 g/mol. The predicted molar refractivity (Wildman–Crippen MR) is 113 cm³/mol. The Hall–Kier alpha value is -3.11. The highest BCUT2D eigenvalue weighted by molar-refractivity contribution is 7.99. The summed E-state index contributed by atoms with van der Waals surface area (Å²) in [5.41, 5.74) is 1.80. The summed E-state index contributed by atoms with van der Waals surface area (Å²) in [7, 11) is 3.16. The van der Waals surface area contributed by atoms with Gasteiger partial charge in [-0.15, -0.1) is 11.8 Å². The second-order valence-corrected chi connectivity index (χ2v) is 7.45. The molecule has 7 heteroatoms. The zero-order chi connectivity index (χ0) is 21.5. The normalized spacial score (nSPS) is 10.7. The number of methoxy groups -OCH3 is 2. The number of aromatic nitrogens is 1. The van der Waals surface area contributed by atoms with Gasteiger partial charge >= 0.3 is 0 Å². The maximum atomic E-state index is 13.6. The second kappa shape index (κ2) is 10.1. The molecular weight excluding hydrogens is 406 g/mol. The van der Waals surface area contributed by atoms with Gasteiger partial charge in [0.2, 0.25) is 0 Å². The molecule has 0 N–H and O–H groups in total. The van der Waals surface area contributed by atoms with Gasteiger partial charge in [-0.1, -0.05) is 12.1 Å². The summed E-state index contributed by atoms with van der Waals surface area (Å²) >= 11 is 1.30. The number of hydrogen-bond acceptors (Lipinski definition) is 5. The summed E-state index contributed by atoms with van der Waals surface area (Å²) in [5, 5.41) is 9.80. The minimum absolute atomic E-state index is 0.0676. The fraction of sp³-hybridized carbons (Fsp3) is 0.217. The molecule has 1 aromatic heterocycles. The Morgan fingerprint density at radius 1 is 1.00 bits per heavy atom. The molecule has 0 aliphatic carbocycles. The lowest BCUT2D eigenvalue weighted by Crippen LogP contribution is -2.00. The van der Waals surface area contributed by atoms with Crippen molar-refractivity contribution in [3.63, 3.8) is 0 Å². The number of rotatable bonds is 8. The van der Waals surface area contributed by atoms with Crippen LogP contribution in [-0.4, -0.2) is 25.0 Å². The number of aryl methyl sites for hydroxylation is 1. The molecule has 1 heterocycles. The number of nitriles is 1. The van der Waals surface area contributed by atoms with E-state index in [1.165, 1.54) is 17.8 Å². The minimum atomic E-state index is -2.76. The van der Waals surface area contributed by atoms with Gasteiger partial charge in [0.05, 0.1) is 25.5 Å². The fourth-order valence-electron chi connectivity index (χ4n) is 2.90. The average Bonchev–Trinajstić information content (AvgIpc) is 2.79.